The van der Waals surface area contributed by atoms with Crippen LogP contribution in [-0.4, -0.2) is 102 Å². The number of methoxy groups -OCH3 is 1. The molecule has 0 spiro atoms. The van der Waals surface area contributed by atoms with Crippen molar-refractivity contribution in [1.29, 1.82) is 0 Å². The van der Waals surface area contributed by atoms with Crippen molar-refractivity contribution in [2.75, 3.05) is 53.2 Å². The molecule has 2 heterocycles. The number of sulfonamides is 1. The highest BCUT2D eigenvalue weighted by Gasteiger charge is 2.44. The Morgan fingerprint density at radius 1 is 1.04 bits per heavy atom. The van der Waals surface area contributed by atoms with Crippen molar-refractivity contribution in [1.82, 2.24) is 14.9 Å². The topological polar surface area (TPSA) is 171 Å². The number of nitrogens with one attached hydrogen (secondary N) is 2. The predicted molar refractivity (Wildman–Crippen MR) is 182 cm³/mol. The summed E-state index contributed by atoms with van der Waals surface area (Å²) in [7, 11) is -5.96. The number of fused-ring (bicyclic) bond motifs is 1. The lowest BCUT2D eigenvalue weighted by atomic mass is 10.0. The number of carbonyl (C=O) groups excluding carboxylic acids is 1. The third-order valence-corrected chi connectivity index (χ3v) is 12.2. The molecule has 2 aliphatic heterocycles. The van der Waals surface area contributed by atoms with Gasteiger partial charge in [-0.25, -0.2) is 13.2 Å². The SMILES string of the molecule is CCOP(=O)(OCC)c1ccc(CNC[C@H](NC(=O)O[C@H]2CO[C@H]3OCC[C@H]32)[C@H](O)CN(CC(C)C)S(=O)(=O)c2ccc(OC)cc2)cc1. The average molecular weight is 728 g/mol. The summed E-state index contributed by atoms with van der Waals surface area (Å²) < 4.78 is 74.7. The maximum Gasteiger partial charge on any atom is 0.407 e. The van der Waals surface area contributed by atoms with Gasteiger partial charge in [-0.1, -0.05) is 26.0 Å². The van der Waals surface area contributed by atoms with Gasteiger partial charge in [0.1, 0.15) is 11.9 Å². The first-order valence-corrected chi connectivity index (χ1v) is 19.6. The van der Waals surface area contributed by atoms with Gasteiger partial charge in [0.05, 0.1) is 61.8 Å². The van der Waals surface area contributed by atoms with Crippen molar-refractivity contribution in [2.45, 2.75) is 70.1 Å². The van der Waals surface area contributed by atoms with E-state index in [0.717, 1.165) is 5.56 Å². The molecule has 0 unspecified atom stereocenters. The fraction of sp³-hybridized carbons (Fsp3) is 0.606. The van der Waals surface area contributed by atoms with E-state index in [1.54, 1.807) is 50.2 Å². The Bertz CT molecular complexity index is 1480. The molecule has 2 aromatic rings. The van der Waals surface area contributed by atoms with Crippen LogP contribution in [0.3, 0.4) is 0 Å². The Hall–Kier alpha value is -2.59. The molecule has 3 N–H and O–H groups in total. The zero-order chi connectivity index (χ0) is 35.6. The fourth-order valence-corrected chi connectivity index (χ4v) is 8.95. The smallest absolute Gasteiger partial charge is 0.407 e. The van der Waals surface area contributed by atoms with Gasteiger partial charge in [-0.2, -0.15) is 4.31 Å². The molecule has 14 nitrogen and oxygen atoms in total. The van der Waals surface area contributed by atoms with Crippen molar-refractivity contribution in [3.63, 3.8) is 0 Å². The number of hydrogen-bond acceptors (Lipinski definition) is 12. The summed E-state index contributed by atoms with van der Waals surface area (Å²) in [6, 6.07) is 12.0. The van der Waals surface area contributed by atoms with Crippen LogP contribution in [0.5, 0.6) is 5.75 Å². The predicted octanol–water partition coefficient (Wildman–Crippen LogP) is 3.24. The van der Waals surface area contributed by atoms with Crippen LogP contribution in [-0.2, 0) is 44.4 Å². The molecule has 2 aliphatic rings. The number of ether oxygens (including phenoxy) is 4. The standard InChI is InChI=1S/C33H50N3O11PS/c1-6-45-48(39,46-7-2)26-12-8-24(9-13-26)18-34-19-29(35-33(38)47-31-22-44-32-28(31)16-17-43-32)30(37)21-36(20-23(3)4)49(40,41)27-14-10-25(42-5)11-15-27/h8-15,23,28-32,34,37H,6-7,16-22H2,1-5H3,(H,35,38)/t28-,29-,30+,31-,32+/m0/s1. The largest absolute Gasteiger partial charge is 0.497 e. The first-order chi connectivity index (χ1) is 23.4. The molecule has 4 rings (SSSR count). The van der Waals surface area contributed by atoms with Crippen LogP contribution in [0.15, 0.2) is 53.4 Å². The van der Waals surface area contributed by atoms with Crippen LogP contribution >= 0.6 is 7.60 Å². The van der Waals surface area contributed by atoms with E-state index in [2.05, 4.69) is 10.6 Å². The molecule has 16 heteroatoms. The number of amides is 1. The number of carbonyl (C=O) groups is 1. The minimum absolute atomic E-state index is 0.0533. The van der Waals surface area contributed by atoms with Gasteiger partial charge in [-0.3, -0.25) is 4.57 Å². The number of hydrogen-bond donors (Lipinski definition) is 3. The van der Waals surface area contributed by atoms with Crippen LogP contribution in [0.1, 0.15) is 39.7 Å². The zero-order valence-electron chi connectivity index (χ0n) is 28.8. The lowest BCUT2D eigenvalue weighted by Gasteiger charge is -2.31. The molecule has 2 aromatic carbocycles. The van der Waals surface area contributed by atoms with Gasteiger partial charge in [0, 0.05) is 26.2 Å². The van der Waals surface area contributed by atoms with Crippen molar-refractivity contribution in [2.24, 2.45) is 11.8 Å². The summed E-state index contributed by atoms with van der Waals surface area (Å²) >= 11 is 0. The van der Waals surface area contributed by atoms with E-state index in [1.165, 1.54) is 23.5 Å². The van der Waals surface area contributed by atoms with Crippen LogP contribution < -0.4 is 20.7 Å². The molecule has 49 heavy (non-hydrogen) atoms. The Morgan fingerprint density at radius 3 is 2.33 bits per heavy atom. The number of aliphatic hydroxyl groups excluding tert-OH is 1. The first kappa shape index (κ1) is 39.2. The molecular weight excluding hydrogens is 677 g/mol. The molecule has 0 aromatic heterocycles. The molecule has 274 valence electrons. The quantitative estimate of drug-likeness (QED) is 0.181. The van der Waals surface area contributed by atoms with E-state index in [0.29, 0.717) is 30.6 Å². The van der Waals surface area contributed by atoms with Gasteiger partial charge >= 0.3 is 13.7 Å². The minimum atomic E-state index is -4.02. The Kier molecular flexibility index (Phi) is 14.5. The zero-order valence-corrected chi connectivity index (χ0v) is 30.5. The maximum atomic E-state index is 13.7. The molecule has 2 fully saturated rings. The Labute approximate surface area is 289 Å². The third kappa shape index (κ3) is 10.5. The second kappa shape index (κ2) is 18.1. The molecule has 0 aliphatic carbocycles. The van der Waals surface area contributed by atoms with Gasteiger partial charge in [0.25, 0.3) is 0 Å². The highest BCUT2D eigenvalue weighted by atomic mass is 32.2. The van der Waals surface area contributed by atoms with E-state index in [1.807, 2.05) is 13.8 Å². The highest BCUT2D eigenvalue weighted by molar-refractivity contribution is 7.89. The van der Waals surface area contributed by atoms with Crippen molar-refractivity contribution >= 4 is 29.0 Å². The third-order valence-electron chi connectivity index (χ3n) is 8.21. The van der Waals surface area contributed by atoms with E-state index in [-0.39, 0.29) is 56.2 Å². The van der Waals surface area contributed by atoms with E-state index in [4.69, 9.17) is 28.0 Å². The second-order valence-electron chi connectivity index (χ2n) is 12.3. The molecule has 2 saturated heterocycles. The summed E-state index contributed by atoms with van der Waals surface area (Å²) in [5, 5.41) is 18.0. The number of aliphatic hydroxyl groups is 1. The lowest BCUT2D eigenvalue weighted by molar-refractivity contribution is -0.0907. The molecule has 0 radical (unpaired) electrons. The van der Waals surface area contributed by atoms with Gasteiger partial charge in [0.15, 0.2) is 6.29 Å². The van der Waals surface area contributed by atoms with Crippen LogP contribution in [0.25, 0.3) is 0 Å². The van der Waals surface area contributed by atoms with Crippen molar-refractivity contribution in [3.8, 4) is 5.75 Å². The van der Waals surface area contributed by atoms with E-state index in [9.17, 15) is 22.9 Å². The number of benzene rings is 2. The van der Waals surface area contributed by atoms with Crippen molar-refractivity contribution in [3.05, 3.63) is 54.1 Å². The van der Waals surface area contributed by atoms with E-state index < -0.39 is 48.3 Å². The Balaban J connectivity index is 1.48. The maximum absolute atomic E-state index is 13.7. The summed E-state index contributed by atoms with van der Waals surface area (Å²) in [5.41, 5.74) is 0.831. The van der Waals surface area contributed by atoms with Gasteiger partial charge in [0.2, 0.25) is 10.0 Å². The molecular formula is C33H50N3O11PS. The minimum Gasteiger partial charge on any atom is -0.497 e. The number of rotatable bonds is 19. The van der Waals surface area contributed by atoms with Gasteiger partial charge in [-0.05, 0) is 68.1 Å². The number of nitrogens with zero attached hydrogens (tertiary/aromatic N) is 1. The lowest BCUT2D eigenvalue weighted by Crippen LogP contribution is -2.54. The highest BCUT2D eigenvalue weighted by Crippen LogP contribution is 2.46. The van der Waals surface area contributed by atoms with Crippen LogP contribution in [0.2, 0.25) is 0 Å². The monoisotopic (exact) mass is 727 g/mol. The van der Waals surface area contributed by atoms with Gasteiger partial charge in [-0.15, -0.1) is 0 Å². The summed E-state index contributed by atoms with van der Waals surface area (Å²) in [6.45, 7) is 8.69. The van der Waals surface area contributed by atoms with Crippen LogP contribution in [0, 0.1) is 11.8 Å². The Morgan fingerprint density at radius 2 is 1.71 bits per heavy atom. The molecule has 1 amide bonds. The average Bonchev–Trinajstić information content (AvgIpc) is 3.69. The fourth-order valence-electron chi connectivity index (χ4n) is 5.76. The summed E-state index contributed by atoms with van der Waals surface area (Å²) in [4.78, 5) is 13.2. The van der Waals surface area contributed by atoms with Gasteiger partial charge < -0.3 is 43.7 Å². The van der Waals surface area contributed by atoms with Crippen LogP contribution in [0.4, 0.5) is 4.79 Å². The first-order valence-electron chi connectivity index (χ1n) is 16.6. The summed E-state index contributed by atoms with van der Waals surface area (Å²) in [6.07, 6.45) is -2.29. The van der Waals surface area contributed by atoms with Crippen molar-refractivity contribution < 1.29 is 50.9 Å². The van der Waals surface area contributed by atoms with E-state index >= 15 is 0 Å². The normalized spacial score (nSPS) is 20.7. The molecule has 0 saturated carbocycles. The second-order valence-corrected chi connectivity index (χ2v) is 16.3. The molecule has 0 bridgehead atoms. The summed E-state index contributed by atoms with van der Waals surface area (Å²) in [5.74, 6) is 0.383. The number of alkyl carbamates (subject to hydrolysis) is 1. The molecule has 5 atom stereocenters.